The predicted octanol–water partition coefficient (Wildman–Crippen LogP) is 3.76. The lowest BCUT2D eigenvalue weighted by Crippen LogP contribution is -2.03. The number of nitrogens with zero attached hydrogens (tertiary/aromatic N) is 1. The van der Waals surface area contributed by atoms with E-state index < -0.39 is 0 Å². The van der Waals surface area contributed by atoms with Crippen LogP contribution in [-0.2, 0) is 11.3 Å². The number of hydrogen-bond donors (Lipinski definition) is 0. The van der Waals surface area contributed by atoms with Crippen molar-refractivity contribution in [2.75, 3.05) is 0 Å². The first-order valence-electron chi connectivity index (χ1n) is 6.03. The second-order valence-electron chi connectivity index (χ2n) is 4.06. The van der Waals surface area contributed by atoms with E-state index in [2.05, 4.69) is 4.98 Å². The molecule has 20 heavy (non-hydrogen) atoms. The number of oxazole rings is 1. The Hall–Kier alpha value is -2.40. The number of thiophene rings is 1. The molecule has 0 bridgehead atoms. The first-order valence-corrected chi connectivity index (χ1v) is 6.91. The molecule has 0 aliphatic rings. The summed E-state index contributed by atoms with van der Waals surface area (Å²) in [5.41, 5.74) is 1.48. The van der Waals surface area contributed by atoms with E-state index in [-0.39, 0.29) is 12.6 Å². The van der Waals surface area contributed by atoms with Crippen LogP contribution in [-0.4, -0.2) is 11.0 Å². The van der Waals surface area contributed by atoms with E-state index in [9.17, 15) is 4.79 Å². The minimum Gasteiger partial charge on any atom is -0.455 e. The molecule has 1 aromatic carbocycles. The van der Waals surface area contributed by atoms with E-state index in [0.29, 0.717) is 16.5 Å². The van der Waals surface area contributed by atoms with E-state index in [1.54, 1.807) is 6.07 Å². The topological polar surface area (TPSA) is 52.3 Å². The van der Waals surface area contributed by atoms with Crippen molar-refractivity contribution in [3.05, 3.63) is 64.7 Å². The van der Waals surface area contributed by atoms with Gasteiger partial charge in [-0.1, -0.05) is 24.3 Å². The summed E-state index contributed by atoms with van der Waals surface area (Å²) in [4.78, 5) is 16.6. The Kier molecular flexibility index (Phi) is 3.60. The van der Waals surface area contributed by atoms with Crippen LogP contribution in [0, 0.1) is 0 Å². The summed E-state index contributed by atoms with van der Waals surface area (Å²) >= 11 is 1.35. The summed E-state index contributed by atoms with van der Waals surface area (Å²) in [6.45, 7) is 0.104. The van der Waals surface area contributed by atoms with Gasteiger partial charge in [-0.3, -0.25) is 0 Å². The van der Waals surface area contributed by atoms with Gasteiger partial charge in [0.2, 0.25) is 5.89 Å². The first-order chi connectivity index (χ1) is 9.83. The largest absolute Gasteiger partial charge is 0.455 e. The van der Waals surface area contributed by atoms with Gasteiger partial charge in [0, 0.05) is 5.56 Å². The van der Waals surface area contributed by atoms with Crippen molar-refractivity contribution >= 4 is 17.3 Å². The molecule has 0 fully saturated rings. The summed E-state index contributed by atoms with van der Waals surface area (Å²) in [5, 5.41) is 1.83. The third-order valence-electron chi connectivity index (χ3n) is 2.65. The van der Waals surface area contributed by atoms with Crippen LogP contribution in [0.1, 0.15) is 15.4 Å². The molecule has 0 N–H and O–H groups in total. The molecular formula is C15H11NO3S. The minimum atomic E-state index is -0.343. The molecule has 2 aromatic heterocycles. The molecule has 3 aromatic rings. The van der Waals surface area contributed by atoms with E-state index in [0.717, 1.165) is 5.56 Å². The van der Waals surface area contributed by atoms with Crippen molar-refractivity contribution in [3.63, 3.8) is 0 Å². The Labute approximate surface area is 119 Å². The SMILES string of the molecule is O=C(OCc1coc(-c2ccccc2)n1)c1cccs1. The van der Waals surface area contributed by atoms with E-state index in [1.165, 1.54) is 17.6 Å². The van der Waals surface area contributed by atoms with Crippen molar-refractivity contribution in [2.24, 2.45) is 0 Å². The zero-order chi connectivity index (χ0) is 13.8. The molecule has 2 heterocycles. The number of carbonyl (C=O) groups is 1. The van der Waals surface area contributed by atoms with Gasteiger partial charge in [-0.05, 0) is 23.6 Å². The van der Waals surface area contributed by atoms with Gasteiger partial charge in [0.05, 0.1) is 0 Å². The molecule has 4 nitrogen and oxygen atoms in total. The molecule has 0 aliphatic carbocycles. The smallest absolute Gasteiger partial charge is 0.348 e. The number of carbonyl (C=O) groups excluding carboxylic acids is 1. The van der Waals surface area contributed by atoms with Gasteiger partial charge in [-0.25, -0.2) is 9.78 Å². The van der Waals surface area contributed by atoms with Gasteiger partial charge in [0.15, 0.2) is 0 Å². The second kappa shape index (κ2) is 5.71. The van der Waals surface area contributed by atoms with Crippen LogP contribution in [0.2, 0.25) is 0 Å². The summed E-state index contributed by atoms with van der Waals surface area (Å²) in [6.07, 6.45) is 1.50. The van der Waals surface area contributed by atoms with Crippen LogP contribution in [0.25, 0.3) is 11.5 Å². The molecule has 3 rings (SSSR count). The highest BCUT2D eigenvalue weighted by Gasteiger charge is 2.11. The summed E-state index contributed by atoms with van der Waals surface area (Å²) in [6, 6.07) is 13.1. The van der Waals surface area contributed by atoms with Crippen LogP contribution < -0.4 is 0 Å². The van der Waals surface area contributed by atoms with Crippen molar-refractivity contribution < 1.29 is 13.9 Å². The number of esters is 1. The third-order valence-corrected chi connectivity index (χ3v) is 3.50. The minimum absolute atomic E-state index is 0.104. The lowest BCUT2D eigenvalue weighted by atomic mass is 10.2. The Balaban J connectivity index is 1.65. The average molecular weight is 285 g/mol. The van der Waals surface area contributed by atoms with Crippen molar-refractivity contribution in [2.45, 2.75) is 6.61 Å². The fraction of sp³-hybridized carbons (Fsp3) is 0.0667. The molecular weight excluding hydrogens is 274 g/mol. The van der Waals surface area contributed by atoms with Crippen LogP contribution >= 0.6 is 11.3 Å². The molecule has 5 heteroatoms. The lowest BCUT2D eigenvalue weighted by Gasteiger charge is -1.99. The van der Waals surface area contributed by atoms with Crippen LogP contribution in [0.4, 0.5) is 0 Å². The van der Waals surface area contributed by atoms with E-state index >= 15 is 0 Å². The Morgan fingerprint density at radius 2 is 2.05 bits per heavy atom. The summed E-state index contributed by atoms with van der Waals surface area (Å²) in [7, 11) is 0. The standard InChI is InChI=1S/C15H11NO3S/c17-15(13-7-4-8-20-13)19-10-12-9-18-14(16-12)11-5-2-1-3-6-11/h1-9H,10H2. The van der Waals surface area contributed by atoms with Crippen LogP contribution in [0.3, 0.4) is 0 Å². The quantitative estimate of drug-likeness (QED) is 0.685. The molecule has 0 amide bonds. The molecule has 0 saturated carbocycles. The molecule has 0 saturated heterocycles. The molecule has 0 radical (unpaired) electrons. The Bertz CT molecular complexity index is 689. The van der Waals surface area contributed by atoms with Gasteiger partial charge in [-0.15, -0.1) is 11.3 Å². The molecule has 0 atom stereocenters. The van der Waals surface area contributed by atoms with Gasteiger partial charge in [-0.2, -0.15) is 0 Å². The Morgan fingerprint density at radius 3 is 2.80 bits per heavy atom. The van der Waals surface area contributed by atoms with Gasteiger partial charge in [0.25, 0.3) is 0 Å². The van der Waals surface area contributed by atoms with Crippen LogP contribution in [0.15, 0.2) is 58.5 Å². The number of benzene rings is 1. The fourth-order valence-electron chi connectivity index (χ4n) is 1.69. The average Bonchev–Trinajstić information content (AvgIpc) is 3.17. The van der Waals surface area contributed by atoms with Gasteiger partial charge in [0.1, 0.15) is 23.4 Å². The highest BCUT2D eigenvalue weighted by Crippen LogP contribution is 2.18. The van der Waals surface area contributed by atoms with Crippen molar-refractivity contribution in [1.82, 2.24) is 4.98 Å². The van der Waals surface area contributed by atoms with Crippen molar-refractivity contribution in [1.29, 1.82) is 0 Å². The second-order valence-corrected chi connectivity index (χ2v) is 5.01. The van der Waals surface area contributed by atoms with E-state index in [4.69, 9.17) is 9.15 Å². The number of hydrogen-bond acceptors (Lipinski definition) is 5. The highest BCUT2D eigenvalue weighted by molar-refractivity contribution is 7.11. The highest BCUT2D eigenvalue weighted by atomic mass is 32.1. The molecule has 0 spiro atoms. The number of ether oxygens (including phenoxy) is 1. The number of rotatable bonds is 4. The monoisotopic (exact) mass is 285 g/mol. The molecule has 0 unspecified atom stereocenters. The summed E-state index contributed by atoms with van der Waals surface area (Å²) in [5.74, 6) is 0.178. The van der Waals surface area contributed by atoms with Crippen molar-refractivity contribution in [3.8, 4) is 11.5 Å². The summed E-state index contributed by atoms with van der Waals surface area (Å²) < 4.78 is 10.5. The van der Waals surface area contributed by atoms with E-state index in [1.807, 2.05) is 41.8 Å². The zero-order valence-electron chi connectivity index (χ0n) is 10.5. The maximum Gasteiger partial charge on any atom is 0.348 e. The maximum atomic E-state index is 11.7. The lowest BCUT2D eigenvalue weighted by molar-refractivity contribution is 0.0473. The normalized spacial score (nSPS) is 10.4. The number of aromatic nitrogens is 1. The molecule has 100 valence electrons. The fourth-order valence-corrected chi connectivity index (χ4v) is 2.31. The Morgan fingerprint density at radius 1 is 1.20 bits per heavy atom. The van der Waals surface area contributed by atoms with Gasteiger partial charge >= 0.3 is 5.97 Å². The first kappa shape index (κ1) is 12.6. The van der Waals surface area contributed by atoms with Crippen LogP contribution in [0.5, 0.6) is 0 Å². The third kappa shape index (κ3) is 2.78. The molecule has 0 aliphatic heterocycles. The predicted molar refractivity (Wildman–Crippen MR) is 75.4 cm³/mol. The van der Waals surface area contributed by atoms with Gasteiger partial charge < -0.3 is 9.15 Å². The maximum absolute atomic E-state index is 11.7. The zero-order valence-corrected chi connectivity index (χ0v) is 11.3.